The molecule has 1 aliphatic rings. The molecule has 21 heavy (non-hydrogen) atoms. The number of nitrogens with one attached hydrogen (secondary N) is 1. The molecule has 1 saturated heterocycles. The zero-order valence-corrected chi connectivity index (χ0v) is 12.0. The monoisotopic (exact) mass is 304 g/mol. The summed E-state index contributed by atoms with van der Waals surface area (Å²) < 4.78 is 52.2. The predicted molar refractivity (Wildman–Crippen MR) is 74.9 cm³/mol. The molecule has 1 fully saturated rings. The number of piperidine rings is 1. The summed E-state index contributed by atoms with van der Waals surface area (Å²) in [6.45, 7) is 4.05. The van der Waals surface area contributed by atoms with E-state index in [4.69, 9.17) is 0 Å². The van der Waals surface area contributed by atoms with Crippen molar-refractivity contribution in [2.75, 3.05) is 24.5 Å². The molecule has 1 aromatic rings. The standard InChI is InChI=1S/C15H20F4N2/c1-2-7-20-12-4-3-8-21(10-12)14-9-11(15(17,18)19)5-6-13(14)16/h5-6,9,12,20H,2-4,7-8,10H2,1H3. The Morgan fingerprint density at radius 3 is 2.76 bits per heavy atom. The SMILES string of the molecule is CCCNC1CCCN(c2cc(C(F)(F)F)ccc2F)C1. The van der Waals surface area contributed by atoms with E-state index in [1.54, 1.807) is 4.90 Å². The van der Waals surface area contributed by atoms with Gasteiger partial charge in [-0.15, -0.1) is 0 Å². The van der Waals surface area contributed by atoms with Gasteiger partial charge in [-0.3, -0.25) is 0 Å². The van der Waals surface area contributed by atoms with Crippen LogP contribution < -0.4 is 10.2 Å². The van der Waals surface area contributed by atoms with Crippen LogP contribution in [0.1, 0.15) is 31.7 Å². The van der Waals surface area contributed by atoms with E-state index in [0.29, 0.717) is 13.1 Å². The first kappa shape index (κ1) is 16.1. The van der Waals surface area contributed by atoms with Crippen molar-refractivity contribution in [3.63, 3.8) is 0 Å². The summed E-state index contributed by atoms with van der Waals surface area (Å²) in [5, 5.41) is 3.35. The van der Waals surface area contributed by atoms with Gasteiger partial charge in [0.1, 0.15) is 5.82 Å². The fourth-order valence-electron chi connectivity index (χ4n) is 2.64. The fraction of sp³-hybridized carbons (Fsp3) is 0.600. The molecular formula is C15H20F4N2. The summed E-state index contributed by atoms with van der Waals surface area (Å²) in [6, 6.07) is 2.81. The molecule has 1 aliphatic heterocycles. The molecule has 0 aromatic heterocycles. The molecule has 0 spiro atoms. The molecule has 2 rings (SSSR count). The molecule has 1 aromatic carbocycles. The lowest BCUT2D eigenvalue weighted by molar-refractivity contribution is -0.137. The Hall–Kier alpha value is -1.30. The first-order valence-electron chi connectivity index (χ1n) is 7.27. The summed E-state index contributed by atoms with van der Waals surface area (Å²) in [7, 11) is 0. The lowest BCUT2D eigenvalue weighted by Crippen LogP contribution is -2.46. The molecule has 0 bridgehead atoms. The lowest BCUT2D eigenvalue weighted by Gasteiger charge is -2.35. The molecule has 0 aliphatic carbocycles. The molecule has 0 amide bonds. The highest BCUT2D eigenvalue weighted by molar-refractivity contribution is 5.51. The number of rotatable bonds is 4. The quantitative estimate of drug-likeness (QED) is 0.851. The van der Waals surface area contributed by atoms with Crippen molar-refractivity contribution in [1.82, 2.24) is 5.32 Å². The zero-order valence-electron chi connectivity index (χ0n) is 12.0. The van der Waals surface area contributed by atoms with E-state index in [0.717, 1.165) is 44.0 Å². The van der Waals surface area contributed by atoms with Gasteiger partial charge >= 0.3 is 6.18 Å². The van der Waals surface area contributed by atoms with Gasteiger partial charge in [-0.1, -0.05) is 6.92 Å². The van der Waals surface area contributed by atoms with Crippen LogP contribution in [0.4, 0.5) is 23.2 Å². The highest BCUT2D eigenvalue weighted by Crippen LogP contribution is 2.33. The minimum Gasteiger partial charge on any atom is -0.368 e. The maximum atomic E-state index is 13.9. The van der Waals surface area contributed by atoms with E-state index in [-0.39, 0.29) is 11.7 Å². The second-order valence-electron chi connectivity index (χ2n) is 5.40. The molecule has 2 nitrogen and oxygen atoms in total. The Morgan fingerprint density at radius 1 is 1.33 bits per heavy atom. The third kappa shape index (κ3) is 4.09. The number of halogens is 4. The molecule has 6 heteroatoms. The highest BCUT2D eigenvalue weighted by Gasteiger charge is 2.32. The van der Waals surface area contributed by atoms with Crippen molar-refractivity contribution in [2.24, 2.45) is 0 Å². The Labute approximate surface area is 122 Å². The summed E-state index contributed by atoms with van der Waals surface area (Å²) in [5.74, 6) is -0.598. The van der Waals surface area contributed by atoms with Gasteiger partial charge in [-0.25, -0.2) is 4.39 Å². The van der Waals surface area contributed by atoms with Crippen LogP contribution in [0, 0.1) is 5.82 Å². The van der Waals surface area contributed by atoms with Crippen LogP contribution in [0.5, 0.6) is 0 Å². The minimum atomic E-state index is -4.45. The van der Waals surface area contributed by atoms with Crippen LogP contribution in [0.2, 0.25) is 0 Å². The van der Waals surface area contributed by atoms with E-state index in [1.165, 1.54) is 0 Å². The Kier molecular flexibility index (Phi) is 5.08. The molecule has 1 unspecified atom stereocenters. The van der Waals surface area contributed by atoms with Gasteiger partial charge in [0.25, 0.3) is 0 Å². The first-order chi connectivity index (χ1) is 9.91. The summed E-state index contributed by atoms with van der Waals surface area (Å²) >= 11 is 0. The Morgan fingerprint density at radius 2 is 2.10 bits per heavy atom. The molecule has 118 valence electrons. The minimum absolute atomic E-state index is 0.0489. The number of nitrogens with zero attached hydrogens (tertiary/aromatic N) is 1. The fourth-order valence-corrected chi connectivity index (χ4v) is 2.64. The van der Waals surface area contributed by atoms with Crippen LogP contribution in [-0.4, -0.2) is 25.7 Å². The zero-order chi connectivity index (χ0) is 15.5. The highest BCUT2D eigenvalue weighted by atomic mass is 19.4. The van der Waals surface area contributed by atoms with Crippen molar-refractivity contribution in [3.8, 4) is 0 Å². The number of hydrogen-bond donors (Lipinski definition) is 1. The molecule has 1 heterocycles. The first-order valence-corrected chi connectivity index (χ1v) is 7.27. The molecular weight excluding hydrogens is 284 g/mol. The van der Waals surface area contributed by atoms with Crippen LogP contribution >= 0.6 is 0 Å². The predicted octanol–water partition coefficient (Wildman–Crippen LogP) is 3.81. The Balaban J connectivity index is 2.16. The van der Waals surface area contributed by atoms with Gasteiger partial charge in [-0.2, -0.15) is 13.2 Å². The smallest absolute Gasteiger partial charge is 0.368 e. The van der Waals surface area contributed by atoms with Crippen LogP contribution in [-0.2, 0) is 6.18 Å². The average Bonchev–Trinajstić information content (AvgIpc) is 2.44. The summed E-state index contributed by atoms with van der Waals surface area (Å²) in [5.41, 5.74) is -0.754. The molecule has 0 saturated carbocycles. The molecule has 1 atom stereocenters. The van der Waals surface area contributed by atoms with Crippen molar-refractivity contribution < 1.29 is 17.6 Å². The van der Waals surface area contributed by atoms with Gasteiger partial charge in [0.15, 0.2) is 0 Å². The van der Waals surface area contributed by atoms with Crippen LogP contribution in [0.3, 0.4) is 0 Å². The topological polar surface area (TPSA) is 15.3 Å². The number of hydrogen-bond acceptors (Lipinski definition) is 2. The lowest BCUT2D eigenvalue weighted by atomic mass is 10.0. The van der Waals surface area contributed by atoms with Gasteiger partial charge in [0, 0.05) is 19.1 Å². The second-order valence-corrected chi connectivity index (χ2v) is 5.40. The van der Waals surface area contributed by atoms with Gasteiger partial charge in [0.05, 0.1) is 11.3 Å². The van der Waals surface area contributed by atoms with Crippen molar-refractivity contribution >= 4 is 5.69 Å². The largest absolute Gasteiger partial charge is 0.416 e. The normalized spacial score (nSPS) is 19.9. The average molecular weight is 304 g/mol. The third-order valence-corrected chi connectivity index (χ3v) is 3.72. The summed E-state index contributed by atoms with van der Waals surface area (Å²) in [6.07, 6.45) is -1.64. The van der Waals surface area contributed by atoms with E-state index in [9.17, 15) is 17.6 Å². The number of alkyl halides is 3. The van der Waals surface area contributed by atoms with Gasteiger partial charge in [-0.05, 0) is 44.0 Å². The Bertz CT molecular complexity index is 473. The van der Waals surface area contributed by atoms with Crippen molar-refractivity contribution in [3.05, 3.63) is 29.6 Å². The maximum Gasteiger partial charge on any atom is 0.416 e. The van der Waals surface area contributed by atoms with Crippen molar-refractivity contribution in [2.45, 2.75) is 38.4 Å². The number of anilines is 1. The summed E-state index contributed by atoms with van der Waals surface area (Å²) in [4.78, 5) is 1.71. The van der Waals surface area contributed by atoms with Crippen molar-refractivity contribution in [1.29, 1.82) is 0 Å². The molecule has 0 radical (unpaired) electrons. The van der Waals surface area contributed by atoms with E-state index >= 15 is 0 Å². The van der Waals surface area contributed by atoms with E-state index in [1.807, 2.05) is 0 Å². The van der Waals surface area contributed by atoms with Gasteiger partial charge in [0.2, 0.25) is 0 Å². The van der Waals surface area contributed by atoms with Crippen LogP contribution in [0.15, 0.2) is 18.2 Å². The maximum absolute atomic E-state index is 13.9. The second kappa shape index (κ2) is 6.64. The van der Waals surface area contributed by atoms with Gasteiger partial charge < -0.3 is 10.2 Å². The van der Waals surface area contributed by atoms with Crippen LogP contribution in [0.25, 0.3) is 0 Å². The number of benzene rings is 1. The third-order valence-electron chi connectivity index (χ3n) is 3.72. The molecule has 1 N–H and O–H groups in total. The van der Waals surface area contributed by atoms with E-state index < -0.39 is 17.6 Å². The van der Waals surface area contributed by atoms with E-state index in [2.05, 4.69) is 12.2 Å².